The van der Waals surface area contributed by atoms with E-state index in [1.54, 1.807) is 0 Å². The molecule has 3 aromatic rings. The summed E-state index contributed by atoms with van der Waals surface area (Å²) in [7, 11) is 0. The summed E-state index contributed by atoms with van der Waals surface area (Å²) in [4.78, 5) is 4.44. The minimum absolute atomic E-state index is 0.290. The summed E-state index contributed by atoms with van der Waals surface area (Å²) in [6, 6.07) is 17.0. The van der Waals surface area contributed by atoms with Gasteiger partial charge in [-0.05, 0) is 49.6 Å². The third-order valence-corrected chi connectivity index (χ3v) is 3.87. The van der Waals surface area contributed by atoms with Crippen molar-refractivity contribution in [2.75, 3.05) is 5.73 Å². The molecule has 1 aromatic heterocycles. The summed E-state index contributed by atoms with van der Waals surface area (Å²) in [5.74, 6) is 0.576. The topological polar surface area (TPSA) is 43.8 Å². The van der Waals surface area contributed by atoms with Gasteiger partial charge in [-0.3, -0.25) is 0 Å². The zero-order chi connectivity index (χ0) is 15.7. The Morgan fingerprint density at radius 2 is 1.86 bits per heavy atom. The summed E-state index contributed by atoms with van der Waals surface area (Å²) >= 11 is 0. The maximum atomic E-state index is 6.04. The first kappa shape index (κ1) is 14.4. The van der Waals surface area contributed by atoms with Crippen LogP contribution in [0, 0.1) is 0 Å². The molecular weight excluding hydrogens is 270 g/mol. The van der Waals surface area contributed by atoms with Crippen LogP contribution in [0.4, 0.5) is 5.95 Å². The predicted octanol–water partition coefficient (Wildman–Crippen LogP) is 4.76. The summed E-state index contributed by atoms with van der Waals surface area (Å²) in [5.41, 5.74) is 11.7. The molecule has 0 radical (unpaired) electrons. The van der Waals surface area contributed by atoms with E-state index in [2.05, 4.69) is 72.8 Å². The molecule has 3 rings (SSSR count). The molecule has 3 nitrogen and oxygen atoms in total. The number of imidazole rings is 1. The lowest BCUT2D eigenvalue weighted by Crippen LogP contribution is -2.05. The Balaban J connectivity index is 2.08. The van der Waals surface area contributed by atoms with E-state index in [1.165, 1.54) is 16.7 Å². The molecule has 3 heteroatoms. The largest absolute Gasteiger partial charge is 0.369 e. The number of hydrogen-bond donors (Lipinski definition) is 1. The van der Waals surface area contributed by atoms with E-state index in [0.717, 1.165) is 11.0 Å². The van der Waals surface area contributed by atoms with E-state index in [1.807, 2.05) is 12.1 Å². The molecule has 0 saturated heterocycles. The second-order valence-electron chi connectivity index (χ2n) is 5.88. The van der Waals surface area contributed by atoms with E-state index in [4.69, 9.17) is 5.73 Å². The first-order valence-corrected chi connectivity index (χ1v) is 7.57. The number of allylic oxidation sites excluding steroid dienone is 1. The minimum atomic E-state index is 0.290. The minimum Gasteiger partial charge on any atom is -0.369 e. The van der Waals surface area contributed by atoms with Gasteiger partial charge in [0.15, 0.2) is 0 Å². The van der Waals surface area contributed by atoms with Crippen LogP contribution in [0.1, 0.15) is 37.9 Å². The number of fused-ring (bicyclic) bond motifs is 1. The van der Waals surface area contributed by atoms with Crippen molar-refractivity contribution >= 4 is 28.6 Å². The fourth-order valence-electron chi connectivity index (χ4n) is 2.78. The maximum Gasteiger partial charge on any atom is 0.201 e. The highest BCUT2D eigenvalue weighted by Gasteiger charge is 2.11. The van der Waals surface area contributed by atoms with Crippen LogP contribution in [-0.2, 0) is 0 Å². The number of nitrogens with zero attached hydrogens (tertiary/aromatic N) is 2. The van der Waals surface area contributed by atoms with E-state index in [9.17, 15) is 0 Å². The van der Waals surface area contributed by atoms with Crippen molar-refractivity contribution < 1.29 is 0 Å². The Morgan fingerprint density at radius 3 is 2.55 bits per heavy atom. The Morgan fingerprint density at radius 1 is 1.14 bits per heavy atom. The molecule has 0 spiro atoms. The standard InChI is InChI=1S/C19H21N3/c1-13(2)22-18-12-16(9-10-17(18)21-19(22)20)14(3)11-15-7-5-4-6-8-15/h4-13H,1-3H3,(H2,20,21)/b14-11+. The highest BCUT2D eigenvalue weighted by molar-refractivity contribution is 5.87. The average Bonchev–Trinajstić information content (AvgIpc) is 2.83. The number of nitrogen functional groups attached to an aromatic ring is 1. The molecule has 0 aliphatic rings. The van der Waals surface area contributed by atoms with Gasteiger partial charge < -0.3 is 10.3 Å². The number of aromatic nitrogens is 2. The van der Waals surface area contributed by atoms with Gasteiger partial charge in [0.1, 0.15) is 0 Å². The number of nitrogens with two attached hydrogens (primary N) is 1. The molecule has 0 unspecified atom stereocenters. The van der Waals surface area contributed by atoms with Crippen molar-refractivity contribution in [1.82, 2.24) is 9.55 Å². The SMILES string of the molecule is C/C(=C\c1ccccc1)c1ccc2nc(N)n(C(C)C)c2c1. The van der Waals surface area contributed by atoms with Crippen molar-refractivity contribution in [1.29, 1.82) is 0 Å². The van der Waals surface area contributed by atoms with Crippen LogP contribution in [0.2, 0.25) is 0 Å². The molecule has 0 aliphatic heterocycles. The Kier molecular flexibility index (Phi) is 3.72. The fourth-order valence-corrected chi connectivity index (χ4v) is 2.78. The molecular formula is C19H21N3. The van der Waals surface area contributed by atoms with Crippen LogP contribution in [0.3, 0.4) is 0 Å². The van der Waals surface area contributed by atoms with Crippen LogP contribution in [0.15, 0.2) is 48.5 Å². The third-order valence-electron chi connectivity index (χ3n) is 3.87. The van der Waals surface area contributed by atoms with Crippen molar-refractivity contribution in [3.63, 3.8) is 0 Å². The Bertz CT molecular complexity index is 827. The van der Waals surface area contributed by atoms with Crippen LogP contribution in [0.25, 0.3) is 22.7 Å². The van der Waals surface area contributed by atoms with E-state index in [-0.39, 0.29) is 0 Å². The van der Waals surface area contributed by atoms with E-state index >= 15 is 0 Å². The average molecular weight is 291 g/mol. The van der Waals surface area contributed by atoms with Gasteiger partial charge in [0.25, 0.3) is 0 Å². The van der Waals surface area contributed by atoms with Crippen molar-refractivity contribution in [3.05, 3.63) is 59.7 Å². The maximum absolute atomic E-state index is 6.04. The monoisotopic (exact) mass is 291 g/mol. The molecule has 0 aliphatic carbocycles. The van der Waals surface area contributed by atoms with Crippen LogP contribution in [0.5, 0.6) is 0 Å². The van der Waals surface area contributed by atoms with Gasteiger partial charge >= 0.3 is 0 Å². The summed E-state index contributed by atoms with van der Waals surface area (Å²) in [6.07, 6.45) is 2.20. The molecule has 0 saturated carbocycles. The molecule has 2 aromatic carbocycles. The third kappa shape index (κ3) is 2.62. The molecule has 1 heterocycles. The van der Waals surface area contributed by atoms with Gasteiger partial charge in [-0.15, -0.1) is 0 Å². The van der Waals surface area contributed by atoms with Gasteiger partial charge in [0.2, 0.25) is 5.95 Å². The van der Waals surface area contributed by atoms with Crippen molar-refractivity contribution in [3.8, 4) is 0 Å². The smallest absolute Gasteiger partial charge is 0.201 e. The zero-order valence-electron chi connectivity index (χ0n) is 13.2. The lowest BCUT2D eigenvalue weighted by molar-refractivity contribution is 0.627. The fraction of sp³-hybridized carbons (Fsp3) is 0.211. The van der Waals surface area contributed by atoms with Gasteiger partial charge in [-0.25, -0.2) is 4.98 Å². The number of rotatable bonds is 3. The van der Waals surface area contributed by atoms with E-state index < -0.39 is 0 Å². The first-order valence-electron chi connectivity index (χ1n) is 7.57. The lowest BCUT2D eigenvalue weighted by Gasteiger charge is -2.11. The van der Waals surface area contributed by atoms with Crippen LogP contribution in [-0.4, -0.2) is 9.55 Å². The molecule has 0 fully saturated rings. The summed E-state index contributed by atoms with van der Waals surface area (Å²) < 4.78 is 2.08. The normalized spacial score (nSPS) is 12.3. The predicted molar refractivity (Wildman–Crippen MR) is 94.5 cm³/mol. The molecule has 0 bridgehead atoms. The number of anilines is 1. The van der Waals surface area contributed by atoms with Gasteiger partial charge in [0.05, 0.1) is 11.0 Å². The molecule has 0 amide bonds. The van der Waals surface area contributed by atoms with Crippen LogP contribution >= 0.6 is 0 Å². The molecule has 2 N–H and O–H groups in total. The molecule has 0 atom stereocenters. The van der Waals surface area contributed by atoms with Crippen LogP contribution < -0.4 is 5.73 Å². The zero-order valence-corrected chi connectivity index (χ0v) is 13.2. The van der Waals surface area contributed by atoms with Gasteiger partial charge in [-0.2, -0.15) is 0 Å². The van der Waals surface area contributed by atoms with Crippen molar-refractivity contribution in [2.45, 2.75) is 26.8 Å². The number of benzene rings is 2. The highest BCUT2D eigenvalue weighted by Crippen LogP contribution is 2.26. The molecule has 112 valence electrons. The summed E-state index contributed by atoms with van der Waals surface area (Å²) in [5, 5.41) is 0. The van der Waals surface area contributed by atoms with Gasteiger partial charge in [0, 0.05) is 6.04 Å². The highest BCUT2D eigenvalue weighted by atomic mass is 15.2. The van der Waals surface area contributed by atoms with Crippen molar-refractivity contribution in [2.24, 2.45) is 0 Å². The Hall–Kier alpha value is -2.55. The quantitative estimate of drug-likeness (QED) is 0.707. The second kappa shape index (κ2) is 5.68. The lowest BCUT2D eigenvalue weighted by atomic mass is 10.0. The number of hydrogen-bond acceptors (Lipinski definition) is 2. The second-order valence-corrected chi connectivity index (χ2v) is 5.88. The summed E-state index contributed by atoms with van der Waals surface area (Å²) in [6.45, 7) is 6.38. The first-order chi connectivity index (χ1) is 10.6. The Labute approximate surface area is 131 Å². The molecule has 22 heavy (non-hydrogen) atoms. The van der Waals surface area contributed by atoms with E-state index in [0.29, 0.717) is 12.0 Å². The van der Waals surface area contributed by atoms with Gasteiger partial charge in [-0.1, -0.05) is 42.5 Å².